The molecule has 2 heterocycles. The Hall–Kier alpha value is -2.32. The summed E-state index contributed by atoms with van der Waals surface area (Å²) in [7, 11) is 0. The van der Waals surface area contributed by atoms with Gasteiger partial charge in [-0.25, -0.2) is 9.97 Å². The smallest absolute Gasteiger partial charge is 0.148 e. The predicted molar refractivity (Wildman–Crippen MR) is 78.9 cm³/mol. The van der Waals surface area contributed by atoms with E-state index in [0.29, 0.717) is 0 Å². The van der Waals surface area contributed by atoms with E-state index in [2.05, 4.69) is 26.1 Å². The molecule has 5 nitrogen and oxygen atoms in total. The summed E-state index contributed by atoms with van der Waals surface area (Å²) in [5, 5.41) is 4.34. The van der Waals surface area contributed by atoms with Gasteiger partial charge in [0.1, 0.15) is 24.5 Å². The molecule has 102 valence electrons. The van der Waals surface area contributed by atoms with Crippen molar-refractivity contribution in [1.82, 2.24) is 15.3 Å². The van der Waals surface area contributed by atoms with Crippen LogP contribution in [0.1, 0.15) is 0 Å². The van der Waals surface area contributed by atoms with E-state index in [1.807, 2.05) is 18.2 Å². The standard InChI is InChI=1S/C15H16N4O/c1-2-9-20-12-3-4-14-13(10-12)15(18-11-17-14)19-7-5-16-6-8-19/h1,3-4,10-11,16H,5-9H2. The lowest BCUT2D eigenvalue weighted by atomic mass is 10.2. The number of anilines is 1. The highest BCUT2D eigenvalue weighted by Crippen LogP contribution is 2.27. The van der Waals surface area contributed by atoms with Gasteiger partial charge in [0.2, 0.25) is 0 Å². The van der Waals surface area contributed by atoms with Crippen LogP contribution in [-0.2, 0) is 0 Å². The molecule has 3 rings (SSSR count). The molecule has 20 heavy (non-hydrogen) atoms. The van der Waals surface area contributed by atoms with E-state index in [0.717, 1.165) is 48.6 Å². The molecule has 0 saturated carbocycles. The van der Waals surface area contributed by atoms with E-state index in [1.54, 1.807) is 6.33 Å². The fourth-order valence-corrected chi connectivity index (χ4v) is 2.37. The highest BCUT2D eigenvalue weighted by atomic mass is 16.5. The SMILES string of the molecule is C#CCOc1ccc2ncnc(N3CCNCC3)c2c1. The van der Waals surface area contributed by atoms with Gasteiger partial charge >= 0.3 is 0 Å². The van der Waals surface area contributed by atoms with Crippen molar-refractivity contribution in [2.45, 2.75) is 0 Å². The molecular formula is C15H16N4O. The second-order valence-electron chi connectivity index (χ2n) is 4.61. The molecule has 0 bridgehead atoms. The number of terminal acetylenes is 1. The molecular weight excluding hydrogens is 252 g/mol. The minimum atomic E-state index is 0.266. The number of hydrogen-bond donors (Lipinski definition) is 1. The third-order valence-electron chi connectivity index (χ3n) is 3.32. The molecule has 1 aromatic heterocycles. The molecule has 1 aliphatic heterocycles. The van der Waals surface area contributed by atoms with Gasteiger partial charge in [0, 0.05) is 31.6 Å². The van der Waals surface area contributed by atoms with E-state index < -0.39 is 0 Å². The Morgan fingerprint density at radius 2 is 2.15 bits per heavy atom. The molecule has 1 fully saturated rings. The summed E-state index contributed by atoms with van der Waals surface area (Å²) in [5.74, 6) is 4.18. The largest absolute Gasteiger partial charge is 0.481 e. The summed E-state index contributed by atoms with van der Waals surface area (Å²) in [5.41, 5.74) is 0.918. The Morgan fingerprint density at radius 3 is 2.95 bits per heavy atom. The van der Waals surface area contributed by atoms with Crippen molar-refractivity contribution in [3.8, 4) is 18.1 Å². The van der Waals surface area contributed by atoms with Crippen LogP contribution in [0.2, 0.25) is 0 Å². The molecule has 0 amide bonds. The zero-order chi connectivity index (χ0) is 13.8. The first kappa shape index (κ1) is 12.7. The molecule has 1 saturated heterocycles. The molecule has 1 aromatic carbocycles. The minimum Gasteiger partial charge on any atom is -0.481 e. The average molecular weight is 268 g/mol. The van der Waals surface area contributed by atoms with Gasteiger partial charge in [-0.3, -0.25) is 0 Å². The molecule has 0 unspecified atom stereocenters. The molecule has 5 heteroatoms. The van der Waals surface area contributed by atoms with Gasteiger partial charge in [-0.1, -0.05) is 5.92 Å². The van der Waals surface area contributed by atoms with Crippen molar-refractivity contribution in [1.29, 1.82) is 0 Å². The number of ether oxygens (including phenoxy) is 1. The highest BCUT2D eigenvalue weighted by Gasteiger charge is 2.15. The van der Waals surface area contributed by atoms with E-state index >= 15 is 0 Å². The number of benzene rings is 1. The molecule has 0 aliphatic carbocycles. The maximum absolute atomic E-state index is 5.48. The fourth-order valence-electron chi connectivity index (χ4n) is 2.37. The van der Waals surface area contributed by atoms with Crippen molar-refractivity contribution in [3.05, 3.63) is 24.5 Å². The monoisotopic (exact) mass is 268 g/mol. The minimum absolute atomic E-state index is 0.266. The quantitative estimate of drug-likeness (QED) is 0.843. The Kier molecular flexibility index (Phi) is 3.66. The third-order valence-corrected chi connectivity index (χ3v) is 3.32. The van der Waals surface area contributed by atoms with Gasteiger partial charge in [0.25, 0.3) is 0 Å². The second kappa shape index (κ2) is 5.76. The molecule has 1 aliphatic rings. The second-order valence-corrected chi connectivity index (χ2v) is 4.61. The lowest BCUT2D eigenvalue weighted by Gasteiger charge is -2.29. The van der Waals surface area contributed by atoms with Crippen LogP contribution in [0.25, 0.3) is 10.9 Å². The first-order chi connectivity index (χ1) is 9.88. The summed E-state index contributed by atoms with van der Waals surface area (Å²) in [6, 6.07) is 5.78. The van der Waals surface area contributed by atoms with Crippen LogP contribution >= 0.6 is 0 Å². The number of piperazine rings is 1. The van der Waals surface area contributed by atoms with Crippen LogP contribution in [0.3, 0.4) is 0 Å². The van der Waals surface area contributed by atoms with Crippen molar-refractivity contribution < 1.29 is 4.74 Å². The van der Waals surface area contributed by atoms with Gasteiger partial charge in [-0.2, -0.15) is 0 Å². The number of rotatable bonds is 3. The summed E-state index contributed by atoms with van der Waals surface area (Å²) >= 11 is 0. The summed E-state index contributed by atoms with van der Waals surface area (Å²) in [6.45, 7) is 4.10. The summed E-state index contributed by atoms with van der Waals surface area (Å²) in [4.78, 5) is 11.0. The predicted octanol–water partition coefficient (Wildman–Crippen LogP) is 1.05. The molecule has 1 N–H and O–H groups in total. The van der Waals surface area contributed by atoms with Crippen molar-refractivity contribution >= 4 is 16.7 Å². The Labute approximate surface area is 118 Å². The van der Waals surface area contributed by atoms with Crippen molar-refractivity contribution in [2.75, 3.05) is 37.7 Å². The summed E-state index contributed by atoms with van der Waals surface area (Å²) in [6.07, 6.45) is 6.83. The summed E-state index contributed by atoms with van der Waals surface area (Å²) < 4.78 is 5.48. The Balaban J connectivity index is 1.99. The van der Waals surface area contributed by atoms with Gasteiger partial charge in [0.05, 0.1) is 5.52 Å². The Morgan fingerprint density at radius 1 is 1.30 bits per heavy atom. The topological polar surface area (TPSA) is 50.3 Å². The zero-order valence-corrected chi connectivity index (χ0v) is 11.2. The number of hydrogen-bond acceptors (Lipinski definition) is 5. The van der Waals surface area contributed by atoms with E-state index in [-0.39, 0.29) is 6.61 Å². The fraction of sp³-hybridized carbons (Fsp3) is 0.333. The van der Waals surface area contributed by atoms with Crippen LogP contribution in [0.4, 0.5) is 5.82 Å². The van der Waals surface area contributed by atoms with Crippen LogP contribution in [0.5, 0.6) is 5.75 Å². The number of aromatic nitrogens is 2. The maximum atomic E-state index is 5.48. The first-order valence-corrected chi connectivity index (χ1v) is 6.65. The van der Waals surface area contributed by atoms with Crippen molar-refractivity contribution in [2.24, 2.45) is 0 Å². The number of nitrogens with zero attached hydrogens (tertiary/aromatic N) is 3. The Bertz CT molecular complexity index is 644. The van der Waals surface area contributed by atoms with Gasteiger partial charge < -0.3 is 15.0 Å². The van der Waals surface area contributed by atoms with E-state index in [4.69, 9.17) is 11.2 Å². The molecule has 0 radical (unpaired) electrons. The molecule has 2 aromatic rings. The van der Waals surface area contributed by atoms with Gasteiger partial charge in [0.15, 0.2) is 0 Å². The lowest BCUT2D eigenvalue weighted by Crippen LogP contribution is -2.44. The zero-order valence-electron chi connectivity index (χ0n) is 11.2. The van der Waals surface area contributed by atoms with E-state index in [9.17, 15) is 0 Å². The normalized spacial score (nSPS) is 15.1. The third kappa shape index (κ3) is 2.51. The number of nitrogens with one attached hydrogen (secondary N) is 1. The van der Waals surface area contributed by atoms with E-state index in [1.165, 1.54) is 0 Å². The van der Waals surface area contributed by atoms with Crippen molar-refractivity contribution in [3.63, 3.8) is 0 Å². The average Bonchev–Trinajstić information content (AvgIpc) is 2.53. The molecule has 0 spiro atoms. The first-order valence-electron chi connectivity index (χ1n) is 6.65. The maximum Gasteiger partial charge on any atom is 0.148 e. The van der Waals surface area contributed by atoms with Crippen LogP contribution in [-0.4, -0.2) is 42.8 Å². The lowest BCUT2D eigenvalue weighted by molar-refractivity contribution is 0.371. The van der Waals surface area contributed by atoms with Gasteiger partial charge in [-0.05, 0) is 18.2 Å². The molecule has 0 atom stereocenters. The van der Waals surface area contributed by atoms with Crippen LogP contribution in [0.15, 0.2) is 24.5 Å². The van der Waals surface area contributed by atoms with Gasteiger partial charge in [-0.15, -0.1) is 6.42 Å². The van der Waals surface area contributed by atoms with Crippen LogP contribution < -0.4 is 15.0 Å². The highest BCUT2D eigenvalue weighted by molar-refractivity contribution is 5.90. The van der Waals surface area contributed by atoms with Crippen LogP contribution in [0, 0.1) is 12.3 Å². The number of fused-ring (bicyclic) bond motifs is 1.